The molecule has 0 amide bonds. The van der Waals surface area contributed by atoms with E-state index in [-0.39, 0.29) is 4.90 Å². The van der Waals surface area contributed by atoms with Gasteiger partial charge in [-0.25, -0.2) is 4.98 Å². The van der Waals surface area contributed by atoms with Crippen molar-refractivity contribution < 1.29 is 13.0 Å². The Labute approximate surface area is 88.3 Å². The minimum atomic E-state index is -4.20. The number of rotatable bonds is 1. The number of aromatic nitrogens is 2. The Hall–Kier alpha value is -1.40. The molecule has 1 aromatic rings. The van der Waals surface area contributed by atoms with E-state index in [1.807, 2.05) is 0 Å². The van der Waals surface area contributed by atoms with Crippen molar-refractivity contribution in [2.75, 3.05) is 0 Å². The highest BCUT2D eigenvalue weighted by Gasteiger charge is 2.06. The lowest BCUT2D eigenvalue weighted by molar-refractivity contribution is 0.483. The maximum atomic E-state index is 10.9. The first-order valence-corrected chi connectivity index (χ1v) is 5.68. The topological polar surface area (TPSA) is 83.0 Å². The highest BCUT2D eigenvalue weighted by atomic mass is 32.2. The molecule has 1 rings (SSSR count). The lowest BCUT2D eigenvalue weighted by Gasteiger charge is -1.92. The molecule has 1 heterocycles. The van der Waals surface area contributed by atoms with E-state index in [1.165, 1.54) is 24.4 Å². The van der Waals surface area contributed by atoms with Gasteiger partial charge in [-0.1, -0.05) is 0 Å². The fourth-order valence-corrected chi connectivity index (χ4v) is 1.63. The van der Waals surface area contributed by atoms with Crippen LogP contribution in [0.3, 0.4) is 0 Å². The van der Waals surface area contributed by atoms with Crippen LogP contribution in [0.15, 0.2) is 29.3 Å². The summed E-state index contributed by atoms with van der Waals surface area (Å²) in [6, 6.07) is 4.08. The van der Waals surface area contributed by atoms with Crippen molar-refractivity contribution in [3.8, 4) is 0 Å². The third-order valence-corrected chi connectivity index (χ3v) is 2.49. The van der Waals surface area contributed by atoms with Crippen LogP contribution in [0.2, 0.25) is 0 Å². The van der Waals surface area contributed by atoms with Crippen LogP contribution in [0.1, 0.15) is 11.5 Å². The van der Waals surface area contributed by atoms with Crippen molar-refractivity contribution in [2.45, 2.75) is 18.7 Å². The number of aromatic amines is 1. The zero-order valence-electron chi connectivity index (χ0n) is 8.43. The molecule has 1 aromatic heterocycles. The van der Waals surface area contributed by atoms with Gasteiger partial charge >= 0.3 is 0 Å². The summed E-state index contributed by atoms with van der Waals surface area (Å²) in [6.07, 6.45) is 1.54. The van der Waals surface area contributed by atoms with E-state index in [0.717, 1.165) is 0 Å². The molecule has 6 heteroatoms. The third-order valence-electron chi connectivity index (χ3n) is 1.64. The average molecular weight is 228 g/mol. The lowest BCUT2D eigenvalue weighted by Crippen LogP contribution is -1.96. The van der Waals surface area contributed by atoms with Gasteiger partial charge in [0.25, 0.3) is 10.1 Å². The van der Waals surface area contributed by atoms with Crippen LogP contribution < -0.4 is 0 Å². The monoisotopic (exact) mass is 228 g/mol. The fraction of sp³-hybridized carbons (Fsp3) is 0.222. The molecular formula is C9H12N2O3S. The quantitative estimate of drug-likeness (QED) is 0.712. The Kier molecular flexibility index (Phi) is 3.43. The van der Waals surface area contributed by atoms with Crippen molar-refractivity contribution in [2.24, 2.45) is 0 Å². The molecule has 0 aromatic carbocycles. The Morgan fingerprint density at radius 1 is 1.40 bits per heavy atom. The maximum Gasteiger partial charge on any atom is 0.294 e. The molecule has 0 saturated carbocycles. The highest BCUT2D eigenvalue weighted by molar-refractivity contribution is 7.85. The van der Waals surface area contributed by atoms with E-state index in [4.69, 9.17) is 4.55 Å². The minimum absolute atomic E-state index is 0.184. The smallest absolute Gasteiger partial charge is 0.294 e. The summed E-state index contributed by atoms with van der Waals surface area (Å²) in [7, 11) is -4.20. The van der Waals surface area contributed by atoms with E-state index < -0.39 is 10.1 Å². The summed E-state index contributed by atoms with van der Waals surface area (Å²) in [5.41, 5.74) is 0.493. The molecule has 0 atom stereocenters. The Balaban J connectivity index is 3.55. The SMILES string of the molecule is Cc1cc(S(=O)(=O)O)ccc[nH]c(C)n1. The fourth-order valence-electron chi connectivity index (χ4n) is 1.06. The van der Waals surface area contributed by atoms with Crippen LogP contribution in [-0.4, -0.2) is 22.9 Å². The number of aryl methyl sites for hydroxylation is 2. The number of hydrogen-bond donors (Lipinski definition) is 2. The molecule has 0 unspecified atom stereocenters. The van der Waals surface area contributed by atoms with Crippen molar-refractivity contribution >= 4 is 10.1 Å². The summed E-state index contributed by atoms with van der Waals surface area (Å²) >= 11 is 0. The van der Waals surface area contributed by atoms with E-state index in [1.54, 1.807) is 13.8 Å². The number of H-pyrrole nitrogens is 1. The molecule has 0 radical (unpaired) electrons. The molecule has 82 valence electrons. The van der Waals surface area contributed by atoms with Crippen LogP contribution in [-0.2, 0) is 10.1 Å². The average Bonchev–Trinajstić information content (AvgIpc) is 2.14. The Morgan fingerprint density at radius 3 is 2.67 bits per heavy atom. The molecule has 2 N–H and O–H groups in total. The lowest BCUT2D eigenvalue weighted by atomic mass is 10.4. The molecule has 0 aliphatic carbocycles. The predicted octanol–water partition coefficient (Wildman–Crippen LogP) is 1.40. The molecule has 15 heavy (non-hydrogen) atoms. The maximum absolute atomic E-state index is 10.9. The largest absolute Gasteiger partial charge is 0.350 e. The van der Waals surface area contributed by atoms with Gasteiger partial charge < -0.3 is 4.98 Å². The van der Waals surface area contributed by atoms with Crippen molar-refractivity contribution in [1.29, 1.82) is 0 Å². The van der Waals surface area contributed by atoms with Gasteiger partial charge in [0.1, 0.15) is 5.82 Å². The Bertz CT molecular complexity index is 504. The van der Waals surface area contributed by atoms with Crippen molar-refractivity contribution in [3.05, 3.63) is 35.9 Å². The van der Waals surface area contributed by atoms with E-state index in [9.17, 15) is 8.42 Å². The van der Waals surface area contributed by atoms with Gasteiger partial charge in [-0.15, -0.1) is 0 Å². The van der Waals surface area contributed by atoms with Gasteiger partial charge in [-0.3, -0.25) is 4.55 Å². The molecular weight excluding hydrogens is 216 g/mol. The first-order valence-electron chi connectivity index (χ1n) is 4.24. The van der Waals surface area contributed by atoms with E-state index in [0.29, 0.717) is 11.5 Å². The van der Waals surface area contributed by atoms with Crippen molar-refractivity contribution in [3.63, 3.8) is 0 Å². The van der Waals surface area contributed by atoms with Crippen LogP contribution >= 0.6 is 0 Å². The van der Waals surface area contributed by atoms with Gasteiger partial charge in [0.2, 0.25) is 0 Å². The minimum Gasteiger partial charge on any atom is -0.350 e. The van der Waals surface area contributed by atoms with Gasteiger partial charge in [-0.05, 0) is 32.0 Å². The summed E-state index contributed by atoms with van der Waals surface area (Å²) in [5, 5.41) is 0. The van der Waals surface area contributed by atoms with Gasteiger partial charge in [0, 0.05) is 11.9 Å². The second-order valence-electron chi connectivity index (χ2n) is 3.03. The molecule has 0 aliphatic rings. The van der Waals surface area contributed by atoms with Crippen LogP contribution in [0.4, 0.5) is 0 Å². The molecule has 0 spiro atoms. The number of nitrogens with zero attached hydrogens (tertiary/aromatic N) is 1. The molecule has 0 bridgehead atoms. The molecule has 5 nitrogen and oxygen atoms in total. The first kappa shape index (κ1) is 11.7. The summed E-state index contributed by atoms with van der Waals surface area (Å²) < 4.78 is 30.8. The predicted molar refractivity (Wildman–Crippen MR) is 55.5 cm³/mol. The van der Waals surface area contributed by atoms with Crippen molar-refractivity contribution in [1.82, 2.24) is 9.97 Å². The van der Waals surface area contributed by atoms with Crippen LogP contribution in [0.5, 0.6) is 0 Å². The third kappa shape index (κ3) is 3.69. The zero-order valence-corrected chi connectivity index (χ0v) is 9.25. The summed E-state index contributed by atoms with van der Waals surface area (Å²) in [5.74, 6) is 0.644. The summed E-state index contributed by atoms with van der Waals surface area (Å²) in [6.45, 7) is 3.40. The van der Waals surface area contributed by atoms with Crippen LogP contribution in [0, 0.1) is 13.8 Å². The van der Waals surface area contributed by atoms with E-state index in [2.05, 4.69) is 9.97 Å². The van der Waals surface area contributed by atoms with Crippen LogP contribution in [0.25, 0.3) is 0 Å². The second kappa shape index (κ2) is 4.41. The normalized spacial score (nSPS) is 10.9. The number of nitrogens with one attached hydrogen (secondary N) is 1. The van der Waals surface area contributed by atoms with Gasteiger partial charge in [0.15, 0.2) is 0 Å². The Morgan fingerprint density at radius 2 is 2.07 bits per heavy atom. The molecule has 0 saturated heterocycles. The second-order valence-corrected chi connectivity index (χ2v) is 4.45. The van der Waals surface area contributed by atoms with Gasteiger partial charge in [0.05, 0.1) is 4.90 Å². The van der Waals surface area contributed by atoms with E-state index >= 15 is 0 Å². The molecule has 0 fully saturated rings. The zero-order chi connectivity index (χ0) is 11.5. The standard InChI is InChI=1S/C9H12N2O3S/c1-7-6-9(15(12,13)14)4-3-5-10-8(2)11-7/h3-6H,1-2H3,(H,10,11)(H,12,13,14). The number of hydrogen-bond acceptors (Lipinski definition) is 3. The first-order chi connectivity index (χ1) is 6.89. The van der Waals surface area contributed by atoms with Gasteiger partial charge in [-0.2, -0.15) is 8.42 Å². The highest BCUT2D eigenvalue weighted by Crippen LogP contribution is 2.05. The summed E-state index contributed by atoms with van der Waals surface area (Å²) in [4.78, 5) is 6.71. The molecule has 0 aliphatic heterocycles.